The minimum atomic E-state index is -0.242. The van der Waals surface area contributed by atoms with Gasteiger partial charge in [0.05, 0.1) is 13.7 Å². The molecule has 0 heterocycles. The smallest absolute Gasteiger partial charge is 0.330 e. The summed E-state index contributed by atoms with van der Waals surface area (Å²) in [7, 11) is 1.72. The summed E-state index contributed by atoms with van der Waals surface area (Å²) >= 11 is 0. The van der Waals surface area contributed by atoms with Crippen molar-refractivity contribution in [1.29, 1.82) is 0 Å². The number of hydrogen-bond donors (Lipinski definition) is 0. The Bertz CT molecular complexity index is 438. The number of aryl methyl sites for hydroxylation is 1. The number of hydrogen-bond acceptors (Lipinski definition) is 3. The molecule has 0 N–H and O–H groups in total. The molecular weight excluding hydrogens is 264 g/mol. The maximum atomic E-state index is 11.1. The summed E-state index contributed by atoms with van der Waals surface area (Å²) in [6.07, 6.45) is 10.1. The van der Waals surface area contributed by atoms with E-state index in [-0.39, 0.29) is 5.97 Å². The Morgan fingerprint density at radius 1 is 1.14 bits per heavy atom. The molecule has 3 heteroatoms. The second kappa shape index (κ2) is 11.0. The summed E-state index contributed by atoms with van der Waals surface area (Å²) in [6.45, 7) is 2.25. The van der Waals surface area contributed by atoms with Crippen molar-refractivity contribution >= 4 is 5.97 Å². The Morgan fingerprint density at radius 2 is 1.90 bits per heavy atom. The zero-order chi connectivity index (χ0) is 15.3. The fraction of sp³-hybridized carbons (Fsp3) is 0.500. The summed E-state index contributed by atoms with van der Waals surface area (Å²) in [5.74, 6) is 0.739. The molecule has 0 unspecified atom stereocenters. The van der Waals surface area contributed by atoms with Gasteiger partial charge in [-0.15, -0.1) is 0 Å². The van der Waals surface area contributed by atoms with Gasteiger partial charge in [0.1, 0.15) is 5.75 Å². The highest BCUT2D eigenvalue weighted by molar-refractivity contribution is 5.81. The molecule has 0 aliphatic rings. The van der Waals surface area contributed by atoms with Gasteiger partial charge in [-0.25, -0.2) is 4.79 Å². The fourth-order valence-electron chi connectivity index (χ4n) is 2.21. The Balaban J connectivity index is 2.08. The molecule has 21 heavy (non-hydrogen) atoms. The third-order valence-electron chi connectivity index (χ3n) is 3.30. The zero-order valence-electron chi connectivity index (χ0n) is 13.1. The topological polar surface area (TPSA) is 35.5 Å². The molecule has 3 nitrogen and oxygen atoms in total. The van der Waals surface area contributed by atoms with E-state index in [1.54, 1.807) is 7.11 Å². The molecule has 0 amide bonds. The zero-order valence-corrected chi connectivity index (χ0v) is 13.1. The lowest BCUT2D eigenvalue weighted by molar-refractivity contribution is -0.137. The SMILES string of the molecule is CCOC(=O)C=CCCCCCCc1ccccc1OC. The first-order valence-corrected chi connectivity index (χ1v) is 7.73. The van der Waals surface area contributed by atoms with Gasteiger partial charge in [0, 0.05) is 6.08 Å². The van der Waals surface area contributed by atoms with Crippen LogP contribution in [0.1, 0.15) is 44.6 Å². The molecule has 1 rings (SSSR count). The molecule has 0 fully saturated rings. The molecule has 0 saturated heterocycles. The maximum Gasteiger partial charge on any atom is 0.330 e. The van der Waals surface area contributed by atoms with Crippen LogP contribution >= 0.6 is 0 Å². The number of ether oxygens (including phenoxy) is 2. The van der Waals surface area contributed by atoms with E-state index >= 15 is 0 Å². The van der Waals surface area contributed by atoms with Gasteiger partial charge in [-0.2, -0.15) is 0 Å². The normalized spacial score (nSPS) is 10.8. The summed E-state index contributed by atoms with van der Waals surface area (Å²) in [4.78, 5) is 11.1. The lowest BCUT2D eigenvalue weighted by Crippen LogP contribution is -1.98. The highest BCUT2D eigenvalue weighted by atomic mass is 16.5. The van der Waals surface area contributed by atoms with Crippen LogP contribution in [0.5, 0.6) is 5.75 Å². The van der Waals surface area contributed by atoms with Crippen LogP contribution in [0.2, 0.25) is 0 Å². The average Bonchev–Trinajstić information content (AvgIpc) is 2.50. The van der Waals surface area contributed by atoms with Crippen LogP contribution in [0.15, 0.2) is 36.4 Å². The number of rotatable bonds is 10. The predicted octanol–water partition coefficient (Wildman–Crippen LogP) is 4.31. The molecule has 0 aliphatic heterocycles. The summed E-state index contributed by atoms with van der Waals surface area (Å²) in [5.41, 5.74) is 1.28. The first-order valence-electron chi connectivity index (χ1n) is 7.73. The molecule has 0 bridgehead atoms. The summed E-state index contributed by atoms with van der Waals surface area (Å²) in [6, 6.07) is 8.19. The number of benzene rings is 1. The van der Waals surface area contributed by atoms with Gasteiger partial charge < -0.3 is 9.47 Å². The van der Waals surface area contributed by atoms with Crippen molar-refractivity contribution in [3.63, 3.8) is 0 Å². The number of esters is 1. The second-order valence-corrected chi connectivity index (χ2v) is 4.92. The van der Waals surface area contributed by atoms with E-state index in [0.29, 0.717) is 6.61 Å². The molecule has 116 valence electrons. The fourth-order valence-corrected chi connectivity index (χ4v) is 2.21. The van der Waals surface area contributed by atoms with Crippen molar-refractivity contribution in [2.24, 2.45) is 0 Å². The number of carbonyl (C=O) groups is 1. The number of methoxy groups -OCH3 is 1. The van der Waals surface area contributed by atoms with E-state index in [9.17, 15) is 4.79 Å². The standard InChI is InChI=1S/C18H26O3/c1-3-21-18(19)15-9-7-5-4-6-8-12-16-13-10-11-14-17(16)20-2/h9-11,13-15H,3-8,12H2,1-2H3. The molecule has 1 aromatic rings. The van der Waals surface area contributed by atoms with Crippen molar-refractivity contribution in [3.8, 4) is 5.75 Å². The van der Waals surface area contributed by atoms with Gasteiger partial charge >= 0.3 is 5.97 Å². The van der Waals surface area contributed by atoms with Crippen LogP contribution in [0, 0.1) is 0 Å². The molecule has 0 saturated carbocycles. The highest BCUT2D eigenvalue weighted by Crippen LogP contribution is 2.20. The van der Waals surface area contributed by atoms with Crippen LogP contribution in [-0.2, 0) is 16.0 Å². The van der Waals surface area contributed by atoms with Gasteiger partial charge in [0.2, 0.25) is 0 Å². The van der Waals surface area contributed by atoms with Crippen molar-refractivity contribution in [2.45, 2.75) is 45.4 Å². The third kappa shape index (κ3) is 7.54. The Morgan fingerprint density at radius 3 is 2.67 bits per heavy atom. The predicted molar refractivity (Wildman–Crippen MR) is 85.6 cm³/mol. The maximum absolute atomic E-state index is 11.1. The van der Waals surface area contributed by atoms with Crippen molar-refractivity contribution in [3.05, 3.63) is 42.0 Å². The lowest BCUT2D eigenvalue weighted by Gasteiger charge is -2.07. The van der Waals surface area contributed by atoms with Crippen LogP contribution < -0.4 is 4.74 Å². The molecule has 0 aromatic heterocycles. The minimum absolute atomic E-state index is 0.242. The minimum Gasteiger partial charge on any atom is -0.496 e. The van der Waals surface area contributed by atoms with Gasteiger partial charge in [-0.1, -0.05) is 37.1 Å². The molecule has 0 spiro atoms. The lowest BCUT2D eigenvalue weighted by atomic mass is 10.0. The molecular formula is C18H26O3. The third-order valence-corrected chi connectivity index (χ3v) is 3.30. The van der Waals surface area contributed by atoms with Gasteiger partial charge in [-0.05, 0) is 44.2 Å². The quantitative estimate of drug-likeness (QED) is 0.366. The van der Waals surface area contributed by atoms with Crippen molar-refractivity contribution < 1.29 is 14.3 Å². The van der Waals surface area contributed by atoms with E-state index in [1.165, 1.54) is 30.9 Å². The van der Waals surface area contributed by atoms with Crippen LogP contribution in [0.3, 0.4) is 0 Å². The first-order chi connectivity index (χ1) is 10.3. The van der Waals surface area contributed by atoms with Gasteiger partial charge in [-0.3, -0.25) is 0 Å². The van der Waals surface area contributed by atoms with Crippen LogP contribution in [0.25, 0.3) is 0 Å². The van der Waals surface area contributed by atoms with Crippen molar-refractivity contribution in [1.82, 2.24) is 0 Å². The number of carbonyl (C=O) groups excluding carboxylic acids is 1. The van der Waals surface area contributed by atoms with Crippen LogP contribution in [-0.4, -0.2) is 19.7 Å². The average molecular weight is 290 g/mol. The van der Waals surface area contributed by atoms with E-state index in [0.717, 1.165) is 25.0 Å². The Kier molecular flexibility index (Phi) is 9.01. The monoisotopic (exact) mass is 290 g/mol. The van der Waals surface area contributed by atoms with Gasteiger partial charge in [0.25, 0.3) is 0 Å². The van der Waals surface area contributed by atoms with E-state index in [2.05, 4.69) is 12.1 Å². The number of unbranched alkanes of at least 4 members (excludes halogenated alkanes) is 4. The molecule has 1 aromatic carbocycles. The number of allylic oxidation sites excluding steroid dienone is 1. The summed E-state index contributed by atoms with van der Waals surface area (Å²) in [5, 5.41) is 0. The first kappa shape index (κ1) is 17.3. The van der Waals surface area contributed by atoms with Crippen molar-refractivity contribution in [2.75, 3.05) is 13.7 Å². The Hall–Kier alpha value is -1.77. The summed E-state index contributed by atoms with van der Waals surface area (Å²) < 4.78 is 10.2. The number of para-hydroxylation sites is 1. The van der Waals surface area contributed by atoms with E-state index < -0.39 is 0 Å². The highest BCUT2D eigenvalue weighted by Gasteiger charge is 2.00. The molecule has 0 radical (unpaired) electrons. The van der Waals surface area contributed by atoms with E-state index in [1.807, 2.05) is 25.1 Å². The van der Waals surface area contributed by atoms with E-state index in [4.69, 9.17) is 9.47 Å². The van der Waals surface area contributed by atoms with Gasteiger partial charge in [0.15, 0.2) is 0 Å². The van der Waals surface area contributed by atoms with Crippen LogP contribution in [0.4, 0.5) is 0 Å². The molecule has 0 aliphatic carbocycles. The largest absolute Gasteiger partial charge is 0.496 e. The molecule has 0 atom stereocenters. The second-order valence-electron chi connectivity index (χ2n) is 4.92. The Labute approximate surface area is 128 Å².